The van der Waals surface area contributed by atoms with Crippen LogP contribution in [0.5, 0.6) is 0 Å². The van der Waals surface area contributed by atoms with Crippen molar-refractivity contribution in [1.82, 2.24) is 0 Å². The lowest BCUT2D eigenvalue weighted by atomic mass is 10.1. The second-order valence-corrected chi connectivity index (χ2v) is 3.77. The lowest BCUT2D eigenvalue weighted by Crippen LogP contribution is -2.09. The maximum atomic E-state index is 11.5. The first kappa shape index (κ1) is 13.2. The summed E-state index contributed by atoms with van der Waals surface area (Å²) < 4.78 is 4.69. The van der Waals surface area contributed by atoms with Gasteiger partial charge in [0.1, 0.15) is 5.78 Å². The zero-order valence-electron chi connectivity index (χ0n) is 10.2. The summed E-state index contributed by atoms with van der Waals surface area (Å²) in [5.41, 5.74) is 1.25. The first-order valence-electron chi connectivity index (χ1n) is 5.56. The fourth-order valence-corrected chi connectivity index (χ4v) is 1.49. The molecule has 0 unspecified atom stereocenters. The molecule has 0 atom stereocenters. The standard InChI is InChI=1S/C13H17NO3/c1-10(15)6-5-9-14-12-8-4-3-7-11(12)13(16)17-2/h3-4,7-8,14H,5-6,9H2,1-2H3. The van der Waals surface area contributed by atoms with Crippen molar-refractivity contribution in [2.75, 3.05) is 19.0 Å². The van der Waals surface area contributed by atoms with Gasteiger partial charge in [-0.15, -0.1) is 0 Å². The van der Waals surface area contributed by atoms with E-state index in [-0.39, 0.29) is 11.8 Å². The molecule has 0 bridgehead atoms. The summed E-state index contributed by atoms with van der Waals surface area (Å²) in [6, 6.07) is 7.16. The van der Waals surface area contributed by atoms with E-state index < -0.39 is 0 Å². The lowest BCUT2D eigenvalue weighted by molar-refractivity contribution is -0.117. The Kier molecular flexibility index (Phi) is 5.20. The van der Waals surface area contributed by atoms with Crippen LogP contribution in [-0.4, -0.2) is 25.4 Å². The summed E-state index contributed by atoms with van der Waals surface area (Å²) in [7, 11) is 1.36. The summed E-state index contributed by atoms with van der Waals surface area (Å²) in [5.74, 6) is -0.187. The van der Waals surface area contributed by atoms with Crippen LogP contribution in [0.1, 0.15) is 30.1 Å². The molecule has 1 rings (SSSR count). The predicted octanol–water partition coefficient (Wildman–Crippen LogP) is 2.25. The third kappa shape index (κ3) is 4.26. The number of esters is 1. The molecule has 1 aromatic carbocycles. The van der Waals surface area contributed by atoms with Gasteiger partial charge in [-0.05, 0) is 25.5 Å². The average Bonchev–Trinajstić information content (AvgIpc) is 2.34. The van der Waals surface area contributed by atoms with E-state index in [0.717, 1.165) is 12.1 Å². The molecule has 1 N–H and O–H groups in total. The number of hydrogen-bond donors (Lipinski definition) is 1. The molecule has 0 saturated heterocycles. The van der Waals surface area contributed by atoms with Crippen molar-refractivity contribution in [3.63, 3.8) is 0 Å². The molecule has 0 fully saturated rings. The van der Waals surface area contributed by atoms with E-state index in [1.54, 1.807) is 19.1 Å². The van der Waals surface area contributed by atoms with Gasteiger partial charge in [-0.3, -0.25) is 0 Å². The highest BCUT2D eigenvalue weighted by Crippen LogP contribution is 2.15. The van der Waals surface area contributed by atoms with Crippen LogP contribution in [0.2, 0.25) is 0 Å². The van der Waals surface area contributed by atoms with Crippen molar-refractivity contribution in [3.05, 3.63) is 29.8 Å². The Balaban J connectivity index is 2.58. The van der Waals surface area contributed by atoms with E-state index >= 15 is 0 Å². The third-order valence-corrected chi connectivity index (χ3v) is 2.35. The van der Waals surface area contributed by atoms with Crippen LogP contribution in [0.15, 0.2) is 24.3 Å². The van der Waals surface area contributed by atoms with Crippen LogP contribution in [0, 0.1) is 0 Å². The number of benzene rings is 1. The Morgan fingerprint density at radius 1 is 1.29 bits per heavy atom. The number of para-hydroxylation sites is 1. The van der Waals surface area contributed by atoms with Gasteiger partial charge >= 0.3 is 5.97 Å². The van der Waals surface area contributed by atoms with Gasteiger partial charge in [0.15, 0.2) is 0 Å². The molecule has 0 saturated carbocycles. The first-order chi connectivity index (χ1) is 8.15. The number of hydrogen-bond acceptors (Lipinski definition) is 4. The summed E-state index contributed by atoms with van der Waals surface area (Å²) in [4.78, 5) is 22.2. The van der Waals surface area contributed by atoms with Gasteiger partial charge in [0.05, 0.1) is 12.7 Å². The van der Waals surface area contributed by atoms with Gasteiger partial charge in [0.25, 0.3) is 0 Å². The largest absolute Gasteiger partial charge is 0.465 e. The second kappa shape index (κ2) is 6.68. The molecule has 0 spiro atoms. The predicted molar refractivity (Wildman–Crippen MR) is 66.2 cm³/mol. The molecule has 4 nitrogen and oxygen atoms in total. The number of carbonyl (C=O) groups is 2. The molecule has 0 aliphatic carbocycles. The lowest BCUT2D eigenvalue weighted by Gasteiger charge is -2.09. The SMILES string of the molecule is COC(=O)c1ccccc1NCCCC(C)=O. The van der Waals surface area contributed by atoms with E-state index in [9.17, 15) is 9.59 Å². The van der Waals surface area contributed by atoms with Crippen LogP contribution in [0.4, 0.5) is 5.69 Å². The van der Waals surface area contributed by atoms with Crippen molar-refractivity contribution < 1.29 is 14.3 Å². The molecule has 92 valence electrons. The molecule has 1 aromatic rings. The van der Waals surface area contributed by atoms with Crippen molar-refractivity contribution in [2.24, 2.45) is 0 Å². The number of ether oxygens (including phenoxy) is 1. The van der Waals surface area contributed by atoms with Gasteiger partial charge in [-0.2, -0.15) is 0 Å². The minimum atomic E-state index is -0.361. The zero-order chi connectivity index (χ0) is 12.7. The Morgan fingerprint density at radius 3 is 2.65 bits per heavy atom. The third-order valence-electron chi connectivity index (χ3n) is 2.35. The van der Waals surface area contributed by atoms with E-state index in [1.807, 2.05) is 12.1 Å². The van der Waals surface area contributed by atoms with Crippen LogP contribution in [0.25, 0.3) is 0 Å². The smallest absolute Gasteiger partial charge is 0.339 e. The second-order valence-electron chi connectivity index (χ2n) is 3.77. The highest BCUT2D eigenvalue weighted by molar-refractivity contribution is 5.95. The maximum Gasteiger partial charge on any atom is 0.339 e. The average molecular weight is 235 g/mol. The highest BCUT2D eigenvalue weighted by Gasteiger charge is 2.09. The zero-order valence-corrected chi connectivity index (χ0v) is 10.2. The number of carbonyl (C=O) groups excluding carboxylic acids is 2. The molecular weight excluding hydrogens is 218 g/mol. The summed E-state index contributed by atoms with van der Waals surface area (Å²) in [6.45, 7) is 2.23. The van der Waals surface area contributed by atoms with E-state index in [1.165, 1.54) is 7.11 Å². The van der Waals surface area contributed by atoms with Crippen LogP contribution in [-0.2, 0) is 9.53 Å². The molecule has 0 aliphatic heterocycles. The Hall–Kier alpha value is -1.84. The fraction of sp³-hybridized carbons (Fsp3) is 0.385. The molecule has 0 radical (unpaired) electrons. The topological polar surface area (TPSA) is 55.4 Å². The Morgan fingerprint density at radius 2 is 2.00 bits per heavy atom. The number of anilines is 1. The Labute approximate surface area is 101 Å². The van der Waals surface area contributed by atoms with Gasteiger partial charge in [-0.1, -0.05) is 12.1 Å². The quantitative estimate of drug-likeness (QED) is 0.607. The molecule has 0 amide bonds. The van der Waals surface area contributed by atoms with Crippen molar-refractivity contribution in [2.45, 2.75) is 19.8 Å². The van der Waals surface area contributed by atoms with Gasteiger partial charge in [-0.25, -0.2) is 4.79 Å². The van der Waals surface area contributed by atoms with Crippen LogP contribution < -0.4 is 5.32 Å². The van der Waals surface area contributed by atoms with Gasteiger partial charge < -0.3 is 14.8 Å². The molecule has 4 heteroatoms. The monoisotopic (exact) mass is 235 g/mol. The van der Waals surface area contributed by atoms with Crippen LogP contribution in [0.3, 0.4) is 0 Å². The molecule has 0 aliphatic rings. The summed E-state index contributed by atoms with van der Waals surface area (Å²) in [5, 5.41) is 3.13. The van der Waals surface area contributed by atoms with E-state index in [2.05, 4.69) is 10.1 Å². The molecule has 0 aromatic heterocycles. The van der Waals surface area contributed by atoms with Crippen molar-refractivity contribution in [3.8, 4) is 0 Å². The van der Waals surface area contributed by atoms with Crippen LogP contribution >= 0.6 is 0 Å². The molecular formula is C13H17NO3. The minimum absolute atomic E-state index is 0.174. The fourth-order valence-electron chi connectivity index (χ4n) is 1.49. The number of nitrogens with one attached hydrogen (secondary N) is 1. The number of Topliss-reactive ketones (excluding diaryl/α,β-unsaturated/α-hetero) is 1. The highest BCUT2D eigenvalue weighted by atomic mass is 16.5. The van der Waals surface area contributed by atoms with E-state index in [4.69, 9.17) is 0 Å². The number of methoxy groups -OCH3 is 1. The normalized spacial score (nSPS) is 9.76. The van der Waals surface area contributed by atoms with Gasteiger partial charge in [0.2, 0.25) is 0 Å². The van der Waals surface area contributed by atoms with Gasteiger partial charge in [0, 0.05) is 18.7 Å². The minimum Gasteiger partial charge on any atom is -0.465 e. The van der Waals surface area contributed by atoms with E-state index in [0.29, 0.717) is 18.5 Å². The van der Waals surface area contributed by atoms with Crippen molar-refractivity contribution >= 4 is 17.4 Å². The first-order valence-corrected chi connectivity index (χ1v) is 5.56. The summed E-state index contributed by atoms with van der Waals surface area (Å²) >= 11 is 0. The number of rotatable bonds is 6. The molecule has 0 heterocycles. The Bertz CT molecular complexity index is 401. The summed E-state index contributed by atoms with van der Waals surface area (Å²) in [6.07, 6.45) is 1.30. The maximum absolute atomic E-state index is 11.5. The molecule has 17 heavy (non-hydrogen) atoms. The number of ketones is 1. The van der Waals surface area contributed by atoms with Crippen molar-refractivity contribution in [1.29, 1.82) is 0 Å².